The number of fused-ring (bicyclic) bond motifs is 1. The summed E-state index contributed by atoms with van der Waals surface area (Å²) in [6.07, 6.45) is 2.63. The maximum Gasteiger partial charge on any atom is 0.0662 e. The molecule has 1 aromatic carbocycles. The molecule has 108 valence electrons. The van der Waals surface area contributed by atoms with Gasteiger partial charge in [0.05, 0.1) is 6.10 Å². The fourth-order valence-corrected chi connectivity index (χ4v) is 4.66. The van der Waals surface area contributed by atoms with Crippen LogP contribution < -0.4 is 5.73 Å². The monoisotopic (exact) mass is 289 g/mol. The van der Waals surface area contributed by atoms with E-state index in [1.54, 1.807) is 11.3 Å². The summed E-state index contributed by atoms with van der Waals surface area (Å²) in [6, 6.07) is 8.50. The Labute approximate surface area is 124 Å². The molecule has 2 unspecified atom stereocenters. The average molecular weight is 289 g/mol. The van der Waals surface area contributed by atoms with Crippen molar-refractivity contribution in [2.24, 2.45) is 16.6 Å². The van der Waals surface area contributed by atoms with Crippen molar-refractivity contribution in [3.8, 4) is 0 Å². The van der Waals surface area contributed by atoms with Crippen molar-refractivity contribution in [2.75, 3.05) is 6.54 Å². The number of hydrogen-bond acceptors (Lipinski definition) is 3. The number of nitrogens with two attached hydrogens (primary N) is 1. The summed E-state index contributed by atoms with van der Waals surface area (Å²) in [5.41, 5.74) is 7.24. The smallest absolute Gasteiger partial charge is 0.0662 e. The largest absolute Gasteiger partial charge is 0.392 e. The molecule has 1 heterocycles. The molecule has 1 aromatic heterocycles. The van der Waals surface area contributed by atoms with Gasteiger partial charge < -0.3 is 10.8 Å². The van der Waals surface area contributed by atoms with Crippen molar-refractivity contribution in [1.29, 1.82) is 0 Å². The van der Waals surface area contributed by atoms with Crippen LogP contribution in [-0.2, 0) is 6.42 Å². The summed E-state index contributed by atoms with van der Waals surface area (Å²) >= 11 is 1.79. The lowest BCUT2D eigenvalue weighted by Crippen LogP contribution is -2.44. The summed E-state index contributed by atoms with van der Waals surface area (Å²) < 4.78 is 1.32. The van der Waals surface area contributed by atoms with E-state index in [1.165, 1.54) is 15.6 Å². The van der Waals surface area contributed by atoms with Crippen molar-refractivity contribution in [1.82, 2.24) is 0 Å². The summed E-state index contributed by atoms with van der Waals surface area (Å²) in [4.78, 5) is 0. The molecule has 0 bridgehead atoms. The summed E-state index contributed by atoms with van der Waals surface area (Å²) in [6.45, 7) is 4.86. The fraction of sp³-hybridized carbons (Fsp3) is 0.529. The van der Waals surface area contributed by atoms with Gasteiger partial charge in [-0.25, -0.2) is 0 Å². The zero-order valence-electron chi connectivity index (χ0n) is 12.2. The van der Waals surface area contributed by atoms with E-state index in [2.05, 4.69) is 43.5 Å². The molecule has 3 rings (SSSR count). The molecule has 1 saturated carbocycles. The number of hydrogen-bond donors (Lipinski definition) is 2. The lowest BCUT2D eigenvalue weighted by atomic mass is 9.74. The number of aliphatic hydroxyl groups excluding tert-OH is 1. The van der Waals surface area contributed by atoms with Crippen molar-refractivity contribution in [3.63, 3.8) is 0 Å². The average Bonchev–Trinajstić information content (AvgIpc) is 2.95. The van der Waals surface area contributed by atoms with E-state index in [-0.39, 0.29) is 16.9 Å². The molecule has 2 aromatic rings. The number of thiophene rings is 1. The molecule has 0 amide bonds. The Balaban J connectivity index is 1.97. The van der Waals surface area contributed by atoms with Crippen molar-refractivity contribution >= 4 is 21.4 Å². The first-order chi connectivity index (χ1) is 9.48. The third kappa shape index (κ3) is 2.09. The molecule has 1 fully saturated rings. The second-order valence-electron chi connectivity index (χ2n) is 6.89. The maximum atomic E-state index is 10.8. The van der Waals surface area contributed by atoms with Crippen LogP contribution in [0.2, 0.25) is 0 Å². The van der Waals surface area contributed by atoms with Crippen molar-refractivity contribution in [2.45, 2.75) is 39.2 Å². The summed E-state index contributed by atoms with van der Waals surface area (Å²) in [5, 5.41) is 14.3. The van der Waals surface area contributed by atoms with Gasteiger partial charge in [0.2, 0.25) is 0 Å². The van der Waals surface area contributed by atoms with Crippen LogP contribution in [0.1, 0.15) is 32.3 Å². The first kappa shape index (κ1) is 14.1. The highest BCUT2D eigenvalue weighted by Gasteiger charge is 2.51. The minimum absolute atomic E-state index is 0.0226. The van der Waals surface area contributed by atoms with Crippen molar-refractivity contribution < 1.29 is 5.11 Å². The second kappa shape index (κ2) is 4.83. The van der Waals surface area contributed by atoms with Crippen LogP contribution in [0.5, 0.6) is 0 Å². The van der Waals surface area contributed by atoms with Gasteiger partial charge in [-0.15, -0.1) is 11.3 Å². The molecule has 0 aliphatic heterocycles. The van der Waals surface area contributed by atoms with Gasteiger partial charge in [-0.3, -0.25) is 0 Å². The Kier molecular flexibility index (Phi) is 3.39. The number of benzene rings is 1. The maximum absolute atomic E-state index is 10.8. The standard InChI is InChI=1S/C17H23NOS/c1-16(2)7-8-17(11-18,15(16)19)9-12-10-20-14-6-4-3-5-13(12)14/h3-6,10,15,19H,7-9,11,18H2,1-2H3. The van der Waals surface area contributed by atoms with Gasteiger partial charge in [-0.05, 0) is 47.1 Å². The predicted molar refractivity (Wildman–Crippen MR) is 86.0 cm³/mol. The minimum Gasteiger partial charge on any atom is -0.392 e. The predicted octanol–water partition coefficient (Wildman–Crippen LogP) is 3.57. The molecule has 20 heavy (non-hydrogen) atoms. The Morgan fingerprint density at radius 1 is 1.30 bits per heavy atom. The lowest BCUT2D eigenvalue weighted by Gasteiger charge is -2.36. The van der Waals surface area contributed by atoms with Crippen LogP contribution in [0.3, 0.4) is 0 Å². The van der Waals surface area contributed by atoms with E-state index in [0.717, 1.165) is 19.3 Å². The summed E-state index contributed by atoms with van der Waals surface area (Å²) in [7, 11) is 0. The highest BCUT2D eigenvalue weighted by atomic mass is 32.1. The Bertz CT molecular complexity index is 618. The van der Waals surface area contributed by atoms with E-state index in [0.29, 0.717) is 6.54 Å². The van der Waals surface area contributed by atoms with Gasteiger partial charge in [0, 0.05) is 16.7 Å². The van der Waals surface area contributed by atoms with Crippen LogP contribution in [0.4, 0.5) is 0 Å². The Morgan fingerprint density at radius 3 is 2.70 bits per heavy atom. The first-order valence-electron chi connectivity index (χ1n) is 7.32. The minimum atomic E-state index is -0.321. The van der Waals surface area contributed by atoms with Gasteiger partial charge >= 0.3 is 0 Å². The van der Waals surface area contributed by atoms with Crippen LogP contribution in [0.15, 0.2) is 29.6 Å². The van der Waals surface area contributed by atoms with E-state index in [1.807, 2.05) is 0 Å². The molecule has 1 aliphatic rings. The van der Waals surface area contributed by atoms with Crippen LogP contribution in [0, 0.1) is 10.8 Å². The van der Waals surface area contributed by atoms with Gasteiger partial charge in [0.15, 0.2) is 0 Å². The van der Waals surface area contributed by atoms with Crippen LogP contribution >= 0.6 is 11.3 Å². The molecule has 2 nitrogen and oxygen atoms in total. The van der Waals surface area contributed by atoms with Crippen molar-refractivity contribution in [3.05, 3.63) is 35.2 Å². The van der Waals surface area contributed by atoms with E-state index < -0.39 is 0 Å². The third-order valence-corrected chi connectivity index (χ3v) is 6.11. The molecule has 3 heteroatoms. The molecule has 0 saturated heterocycles. The number of rotatable bonds is 3. The molecule has 2 atom stereocenters. The quantitative estimate of drug-likeness (QED) is 0.907. The topological polar surface area (TPSA) is 46.2 Å². The highest BCUT2D eigenvalue weighted by molar-refractivity contribution is 7.17. The fourth-order valence-electron chi connectivity index (χ4n) is 3.69. The molecule has 3 N–H and O–H groups in total. The lowest BCUT2D eigenvalue weighted by molar-refractivity contribution is -0.00445. The molecular formula is C17H23NOS. The van der Waals surface area contributed by atoms with Crippen LogP contribution in [0.25, 0.3) is 10.1 Å². The summed E-state index contributed by atoms with van der Waals surface area (Å²) in [5.74, 6) is 0. The Hall–Kier alpha value is -0.900. The Morgan fingerprint density at radius 2 is 2.05 bits per heavy atom. The normalized spacial score (nSPS) is 29.1. The van der Waals surface area contributed by atoms with Gasteiger partial charge in [-0.1, -0.05) is 32.0 Å². The second-order valence-corrected chi connectivity index (χ2v) is 7.80. The highest BCUT2D eigenvalue weighted by Crippen LogP contribution is 2.51. The van der Waals surface area contributed by atoms with E-state index >= 15 is 0 Å². The zero-order chi connectivity index (χ0) is 14.4. The molecule has 0 spiro atoms. The SMILES string of the molecule is CC1(C)CCC(CN)(Cc2csc3ccccc23)C1O. The van der Waals surface area contributed by atoms with E-state index in [4.69, 9.17) is 5.73 Å². The van der Waals surface area contributed by atoms with E-state index in [9.17, 15) is 5.11 Å². The van der Waals surface area contributed by atoms with Gasteiger partial charge in [-0.2, -0.15) is 0 Å². The van der Waals surface area contributed by atoms with Crippen LogP contribution in [-0.4, -0.2) is 17.8 Å². The van der Waals surface area contributed by atoms with Gasteiger partial charge in [0.25, 0.3) is 0 Å². The first-order valence-corrected chi connectivity index (χ1v) is 8.20. The third-order valence-electron chi connectivity index (χ3n) is 5.10. The van der Waals surface area contributed by atoms with Gasteiger partial charge in [0.1, 0.15) is 0 Å². The molecule has 0 radical (unpaired) electrons. The zero-order valence-corrected chi connectivity index (χ0v) is 13.0. The number of aliphatic hydroxyl groups is 1. The molecule has 1 aliphatic carbocycles. The molecular weight excluding hydrogens is 266 g/mol.